The van der Waals surface area contributed by atoms with Crippen molar-refractivity contribution in [3.63, 3.8) is 0 Å². The molecule has 4 atom stereocenters. The maximum Gasteiger partial charge on any atom is 0.132 e. The zero-order valence-electron chi connectivity index (χ0n) is 8.74. The lowest BCUT2D eigenvalue weighted by atomic mass is 10.1. The third kappa shape index (κ3) is 1.77. The van der Waals surface area contributed by atoms with Gasteiger partial charge in [0.25, 0.3) is 0 Å². The summed E-state index contributed by atoms with van der Waals surface area (Å²) in [7, 11) is 0. The molecule has 0 aliphatic carbocycles. The Balaban J connectivity index is 1.63. The van der Waals surface area contributed by atoms with E-state index in [0.717, 1.165) is 12.2 Å². The van der Waals surface area contributed by atoms with Crippen LogP contribution >= 0.6 is 0 Å². The lowest BCUT2D eigenvalue weighted by Gasteiger charge is -2.16. The second kappa shape index (κ2) is 4.01. The topological polar surface area (TPSA) is 63.6 Å². The molecule has 5 nitrogen and oxygen atoms in total. The van der Waals surface area contributed by atoms with Gasteiger partial charge in [-0.2, -0.15) is 0 Å². The molecule has 2 saturated heterocycles. The summed E-state index contributed by atoms with van der Waals surface area (Å²) in [4.78, 5) is 4.16. The van der Waals surface area contributed by atoms with Crippen molar-refractivity contribution in [2.24, 2.45) is 0 Å². The number of nitrogens with one attached hydrogen (secondary N) is 1. The highest BCUT2D eigenvalue weighted by Gasteiger charge is 2.45. The van der Waals surface area contributed by atoms with E-state index >= 15 is 0 Å². The quantitative estimate of drug-likeness (QED) is 0.757. The Morgan fingerprint density at radius 3 is 3.12 bits per heavy atom. The Hall–Kier alpha value is -1.17. The van der Waals surface area contributed by atoms with E-state index in [1.54, 1.807) is 6.20 Å². The van der Waals surface area contributed by atoms with E-state index in [-0.39, 0.29) is 18.4 Å². The maximum absolute atomic E-state index is 9.59. The Bertz CT molecular complexity index is 360. The average Bonchev–Trinajstić information content (AvgIpc) is 2.83. The molecule has 2 aliphatic heterocycles. The molecule has 0 aromatic carbocycles. The van der Waals surface area contributed by atoms with E-state index in [4.69, 9.17) is 9.47 Å². The Morgan fingerprint density at radius 2 is 2.38 bits per heavy atom. The summed E-state index contributed by atoms with van der Waals surface area (Å²) in [6.07, 6.45) is 1.67. The molecular formula is C11H14N2O3. The van der Waals surface area contributed by atoms with Crippen molar-refractivity contribution in [2.45, 2.75) is 31.0 Å². The fraction of sp³-hybridized carbons (Fsp3) is 0.545. The second-order valence-electron chi connectivity index (χ2n) is 4.12. The molecule has 1 aromatic rings. The van der Waals surface area contributed by atoms with E-state index in [2.05, 4.69) is 10.3 Å². The van der Waals surface area contributed by atoms with Crippen molar-refractivity contribution < 1.29 is 14.6 Å². The van der Waals surface area contributed by atoms with Crippen LogP contribution in [-0.4, -0.2) is 41.2 Å². The molecule has 0 spiro atoms. The van der Waals surface area contributed by atoms with E-state index in [9.17, 15) is 5.11 Å². The van der Waals surface area contributed by atoms with E-state index in [1.807, 2.05) is 18.2 Å². The van der Waals surface area contributed by atoms with Crippen LogP contribution in [0.5, 0.6) is 0 Å². The number of aliphatic hydroxyl groups excluding tert-OH is 1. The summed E-state index contributed by atoms with van der Waals surface area (Å²) >= 11 is 0. The van der Waals surface area contributed by atoms with Gasteiger partial charge in [-0.25, -0.2) is 4.98 Å². The van der Waals surface area contributed by atoms with Crippen LogP contribution in [-0.2, 0) is 9.47 Å². The van der Waals surface area contributed by atoms with Gasteiger partial charge >= 0.3 is 0 Å². The first-order valence-corrected chi connectivity index (χ1v) is 5.45. The molecule has 0 radical (unpaired) electrons. The van der Waals surface area contributed by atoms with Crippen molar-refractivity contribution in [3.05, 3.63) is 24.4 Å². The lowest BCUT2D eigenvalue weighted by molar-refractivity contribution is -0.00959. The summed E-state index contributed by atoms with van der Waals surface area (Å²) in [6.45, 7) is 0.381. The third-order valence-electron chi connectivity index (χ3n) is 2.97. The van der Waals surface area contributed by atoms with E-state index < -0.39 is 6.10 Å². The molecule has 2 N–H and O–H groups in total. The van der Waals surface area contributed by atoms with Crippen LogP contribution in [0.25, 0.3) is 0 Å². The predicted octanol–water partition coefficient (Wildman–Crippen LogP) is 0.368. The normalized spacial score (nSPS) is 37.3. The summed E-state index contributed by atoms with van der Waals surface area (Å²) in [5.74, 6) is 0.780. The summed E-state index contributed by atoms with van der Waals surface area (Å²) < 4.78 is 11.1. The highest BCUT2D eigenvalue weighted by molar-refractivity contribution is 5.34. The van der Waals surface area contributed by atoms with Gasteiger partial charge in [0.05, 0.1) is 12.7 Å². The number of anilines is 1. The van der Waals surface area contributed by atoms with Gasteiger partial charge in [-0.1, -0.05) is 6.07 Å². The van der Waals surface area contributed by atoms with Crippen molar-refractivity contribution in [3.8, 4) is 0 Å². The summed E-state index contributed by atoms with van der Waals surface area (Å²) in [5.41, 5.74) is 0. The van der Waals surface area contributed by atoms with Gasteiger partial charge in [0, 0.05) is 12.6 Å². The molecule has 16 heavy (non-hydrogen) atoms. The molecule has 0 bridgehead atoms. The molecule has 2 fully saturated rings. The number of nitrogens with zero attached hydrogens (tertiary/aromatic N) is 1. The minimum Gasteiger partial charge on any atom is -0.388 e. The molecule has 3 rings (SSSR count). The third-order valence-corrected chi connectivity index (χ3v) is 2.97. The minimum absolute atomic E-state index is 0.0104. The van der Waals surface area contributed by atoms with Gasteiger partial charge in [-0.05, 0) is 12.1 Å². The van der Waals surface area contributed by atoms with Crippen LogP contribution in [0.2, 0.25) is 0 Å². The van der Waals surface area contributed by atoms with E-state index in [0.29, 0.717) is 6.61 Å². The molecule has 2 aliphatic rings. The fourth-order valence-corrected chi connectivity index (χ4v) is 2.20. The van der Waals surface area contributed by atoms with Gasteiger partial charge in [-0.3, -0.25) is 0 Å². The maximum atomic E-state index is 9.59. The highest BCUT2D eigenvalue weighted by Crippen LogP contribution is 2.30. The van der Waals surface area contributed by atoms with Gasteiger partial charge in [0.1, 0.15) is 24.3 Å². The zero-order chi connectivity index (χ0) is 11.0. The highest BCUT2D eigenvalue weighted by atomic mass is 16.6. The minimum atomic E-state index is -0.500. The van der Waals surface area contributed by atoms with Crippen LogP contribution in [0, 0.1) is 0 Å². The SMILES string of the molecule is OC1CO[C@@H]2C[C@@H](Nc3ccccn3)O[C@H]12. The molecule has 1 unspecified atom stereocenters. The van der Waals surface area contributed by atoms with Gasteiger partial charge in [0.15, 0.2) is 0 Å². The first-order valence-electron chi connectivity index (χ1n) is 5.45. The van der Waals surface area contributed by atoms with Crippen molar-refractivity contribution >= 4 is 5.82 Å². The number of hydrogen-bond donors (Lipinski definition) is 2. The number of rotatable bonds is 2. The van der Waals surface area contributed by atoms with Gasteiger partial charge < -0.3 is 19.9 Å². The Labute approximate surface area is 93.4 Å². The number of aromatic nitrogens is 1. The van der Waals surface area contributed by atoms with E-state index in [1.165, 1.54) is 0 Å². The molecule has 0 saturated carbocycles. The first kappa shape index (κ1) is 10.0. The largest absolute Gasteiger partial charge is 0.388 e. The monoisotopic (exact) mass is 222 g/mol. The summed E-state index contributed by atoms with van der Waals surface area (Å²) in [5, 5.41) is 12.8. The van der Waals surface area contributed by atoms with Gasteiger partial charge in [0.2, 0.25) is 0 Å². The number of pyridine rings is 1. The Kier molecular flexibility index (Phi) is 2.51. The zero-order valence-corrected chi connectivity index (χ0v) is 8.74. The molecule has 5 heteroatoms. The molecule has 0 amide bonds. The molecular weight excluding hydrogens is 208 g/mol. The number of ether oxygens (including phenoxy) is 2. The fourth-order valence-electron chi connectivity index (χ4n) is 2.20. The number of hydrogen-bond acceptors (Lipinski definition) is 5. The molecule has 1 aromatic heterocycles. The Morgan fingerprint density at radius 1 is 1.44 bits per heavy atom. The van der Waals surface area contributed by atoms with Crippen LogP contribution in [0.1, 0.15) is 6.42 Å². The van der Waals surface area contributed by atoms with Crippen LogP contribution in [0.4, 0.5) is 5.82 Å². The number of fused-ring (bicyclic) bond motifs is 1. The summed E-state index contributed by atoms with van der Waals surface area (Å²) in [6, 6.07) is 5.66. The van der Waals surface area contributed by atoms with Crippen LogP contribution in [0.3, 0.4) is 0 Å². The van der Waals surface area contributed by atoms with Gasteiger partial charge in [-0.15, -0.1) is 0 Å². The second-order valence-corrected chi connectivity index (χ2v) is 4.12. The molecule has 86 valence electrons. The lowest BCUT2D eigenvalue weighted by Crippen LogP contribution is -2.29. The van der Waals surface area contributed by atoms with Crippen LogP contribution in [0.15, 0.2) is 24.4 Å². The predicted molar refractivity (Wildman–Crippen MR) is 56.9 cm³/mol. The smallest absolute Gasteiger partial charge is 0.132 e. The van der Waals surface area contributed by atoms with Crippen LogP contribution < -0.4 is 5.32 Å². The van der Waals surface area contributed by atoms with Crippen molar-refractivity contribution in [1.82, 2.24) is 4.98 Å². The molecule has 3 heterocycles. The average molecular weight is 222 g/mol. The number of aliphatic hydroxyl groups is 1. The first-order chi connectivity index (χ1) is 7.83. The van der Waals surface area contributed by atoms with Crippen molar-refractivity contribution in [2.75, 3.05) is 11.9 Å². The van der Waals surface area contributed by atoms with Crippen molar-refractivity contribution in [1.29, 1.82) is 0 Å². The standard InChI is InChI=1S/C11H14N2O3/c14-7-6-15-8-5-10(16-11(7)8)13-9-3-1-2-4-12-9/h1-4,7-8,10-11,14H,5-6H2,(H,12,13)/t7?,8-,10+,11-/m1/s1.